The standard InChI is InChI=1S/C16H17FN4O.ClH/c17-13-3-1-12(2-4-13)14-9-15(21-20-14)16(22)19-10-11-5-7-18-8-6-11;/h1-5,9,18H,6-8,10H2,(H,19,22)(H,20,21);1H. The Hall–Kier alpha value is -2.18. The van der Waals surface area contributed by atoms with Crippen molar-refractivity contribution < 1.29 is 9.18 Å². The molecule has 122 valence electrons. The van der Waals surface area contributed by atoms with Crippen molar-refractivity contribution in [3.8, 4) is 11.3 Å². The van der Waals surface area contributed by atoms with Gasteiger partial charge in [0.25, 0.3) is 5.91 Å². The Morgan fingerprint density at radius 2 is 2.09 bits per heavy atom. The highest BCUT2D eigenvalue weighted by Crippen LogP contribution is 2.18. The second-order valence-corrected chi connectivity index (χ2v) is 5.17. The van der Waals surface area contributed by atoms with Gasteiger partial charge in [0.2, 0.25) is 0 Å². The van der Waals surface area contributed by atoms with E-state index in [1.807, 2.05) is 0 Å². The number of hydrogen-bond donors (Lipinski definition) is 3. The maximum absolute atomic E-state index is 12.9. The van der Waals surface area contributed by atoms with Gasteiger partial charge < -0.3 is 10.6 Å². The number of nitrogens with zero attached hydrogens (tertiary/aromatic N) is 1. The molecular weight excluding hydrogens is 319 g/mol. The van der Waals surface area contributed by atoms with Crippen LogP contribution in [0.1, 0.15) is 16.9 Å². The number of carbonyl (C=O) groups excluding carboxylic acids is 1. The van der Waals surface area contributed by atoms with E-state index in [0.29, 0.717) is 17.9 Å². The minimum Gasteiger partial charge on any atom is -0.347 e. The average molecular weight is 337 g/mol. The summed E-state index contributed by atoms with van der Waals surface area (Å²) in [5, 5.41) is 12.9. The van der Waals surface area contributed by atoms with E-state index >= 15 is 0 Å². The molecule has 0 spiro atoms. The molecular formula is C16H18ClFN4O. The third-order valence-electron chi connectivity index (χ3n) is 3.60. The van der Waals surface area contributed by atoms with Gasteiger partial charge in [0.1, 0.15) is 11.5 Å². The van der Waals surface area contributed by atoms with Crippen molar-refractivity contribution in [3.63, 3.8) is 0 Å². The average Bonchev–Trinajstić information content (AvgIpc) is 3.04. The molecule has 1 aliphatic rings. The topological polar surface area (TPSA) is 69.8 Å². The largest absolute Gasteiger partial charge is 0.347 e. The van der Waals surface area contributed by atoms with Gasteiger partial charge in [-0.1, -0.05) is 11.6 Å². The van der Waals surface area contributed by atoms with Crippen molar-refractivity contribution in [2.45, 2.75) is 6.42 Å². The van der Waals surface area contributed by atoms with Gasteiger partial charge in [-0.25, -0.2) is 4.39 Å². The zero-order valence-electron chi connectivity index (χ0n) is 12.4. The lowest BCUT2D eigenvalue weighted by molar-refractivity contribution is 0.0951. The predicted molar refractivity (Wildman–Crippen MR) is 89.1 cm³/mol. The van der Waals surface area contributed by atoms with Crippen LogP contribution in [0.15, 0.2) is 42.0 Å². The zero-order chi connectivity index (χ0) is 15.4. The Labute approximate surface area is 139 Å². The van der Waals surface area contributed by atoms with E-state index in [4.69, 9.17) is 0 Å². The Bertz CT molecular complexity index is 696. The van der Waals surface area contributed by atoms with E-state index in [-0.39, 0.29) is 24.1 Å². The molecule has 5 nitrogen and oxygen atoms in total. The third-order valence-corrected chi connectivity index (χ3v) is 3.60. The van der Waals surface area contributed by atoms with Crippen LogP contribution >= 0.6 is 12.4 Å². The fourth-order valence-corrected chi connectivity index (χ4v) is 2.33. The number of nitrogens with one attached hydrogen (secondary N) is 3. The quantitative estimate of drug-likeness (QED) is 0.750. The number of carbonyl (C=O) groups is 1. The number of aromatic nitrogens is 2. The first kappa shape index (κ1) is 17.2. The molecule has 3 N–H and O–H groups in total. The second-order valence-electron chi connectivity index (χ2n) is 5.17. The number of benzene rings is 1. The summed E-state index contributed by atoms with van der Waals surface area (Å²) >= 11 is 0. The summed E-state index contributed by atoms with van der Waals surface area (Å²) in [6.07, 6.45) is 3.05. The van der Waals surface area contributed by atoms with Crippen molar-refractivity contribution in [1.29, 1.82) is 0 Å². The maximum Gasteiger partial charge on any atom is 0.269 e. The summed E-state index contributed by atoms with van der Waals surface area (Å²) in [7, 11) is 0. The molecule has 7 heteroatoms. The predicted octanol–water partition coefficient (Wildman–Crippen LogP) is 2.29. The number of amides is 1. The molecule has 1 aromatic carbocycles. The maximum atomic E-state index is 12.9. The van der Waals surface area contributed by atoms with Crippen molar-refractivity contribution in [3.05, 3.63) is 53.5 Å². The molecule has 2 aromatic rings. The van der Waals surface area contributed by atoms with Crippen molar-refractivity contribution in [2.24, 2.45) is 0 Å². The van der Waals surface area contributed by atoms with Crippen molar-refractivity contribution in [1.82, 2.24) is 20.8 Å². The molecule has 0 radical (unpaired) electrons. The van der Waals surface area contributed by atoms with Crippen LogP contribution in [0, 0.1) is 5.82 Å². The smallest absolute Gasteiger partial charge is 0.269 e. The molecule has 0 atom stereocenters. The minimum atomic E-state index is -0.299. The molecule has 2 heterocycles. The molecule has 1 aromatic heterocycles. The van der Waals surface area contributed by atoms with E-state index in [9.17, 15) is 9.18 Å². The SMILES string of the molecule is Cl.O=C(NCC1=CCNCC1)c1cc(-c2ccc(F)cc2)n[nH]1. The Kier molecular flexibility index (Phi) is 5.90. The highest BCUT2D eigenvalue weighted by molar-refractivity contribution is 5.93. The van der Waals surface area contributed by atoms with Crippen LogP contribution < -0.4 is 10.6 Å². The number of hydrogen-bond acceptors (Lipinski definition) is 3. The van der Waals surface area contributed by atoms with Gasteiger partial charge in [-0.2, -0.15) is 5.10 Å². The van der Waals surface area contributed by atoms with Crippen LogP contribution in [0.5, 0.6) is 0 Å². The normalized spacial score (nSPS) is 13.9. The molecule has 0 saturated carbocycles. The van der Waals surface area contributed by atoms with Gasteiger partial charge in [0, 0.05) is 18.7 Å². The third kappa shape index (κ3) is 4.40. The minimum absolute atomic E-state index is 0. The number of rotatable bonds is 4. The summed E-state index contributed by atoms with van der Waals surface area (Å²) in [6.45, 7) is 2.34. The van der Waals surface area contributed by atoms with E-state index in [2.05, 4.69) is 26.9 Å². The van der Waals surface area contributed by atoms with Crippen molar-refractivity contribution >= 4 is 18.3 Å². The molecule has 0 fully saturated rings. The fraction of sp³-hybridized carbons (Fsp3) is 0.250. The molecule has 1 aliphatic heterocycles. The second kappa shape index (κ2) is 7.89. The molecule has 3 rings (SSSR count). The Morgan fingerprint density at radius 1 is 1.30 bits per heavy atom. The van der Waals surface area contributed by atoms with Gasteiger partial charge in [0.15, 0.2) is 0 Å². The van der Waals surface area contributed by atoms with Crippen LogP contribution in [-0.2, 0) is 0 Å². The summed E-state index contributed by atoms with van der Waals surface area (Å²) < 4.78 is 12.9. The van der Waals surface area contributed by atoms with Gasteiger partial charge >= 0.3 is 0 Å². The van der Waals surface area contributed by atoms with E-state index in [1.165, 1.54) is 17.7 Å². The van der Waals surface area contributed by atoms with Crippen LogP contribution in [0.4, 0.5) is 4.39 Å². The molecule has 23 heavy (non-hydrogen) atoms. The van der Waals surface area contributed by atoms with Gasteiger partial charge in [0.05, 0.1) is 5.69 Å². The van der Waals surface area contributed by atoms with Gasteiger partial charge in [-0.05, 0) is 43.3 Å². The highest BCUT2D eigenvalue weighted by Gasteiger charge is 2.12. The molecule has 0 bridgehead atoms. The number of halogens is 2. The molecule has 0 aliphatic carbocycles. The zero-order valence-corrected chi connectivity index (χ0v) is 13.3. The summed E-state index contributed by atoms with van der Waals surface area (Å²) in [6, 6.07) is 7.67. The first-order valence-electron chi connectivity index (χ1n) is 7.20. The first-order chi connectivity index (χ1) is 10.7. The van der Waals surface area contributed by atoms with Crippen LogP contribution in [0.25, 0.3) is 11.3 Å². The van der Waals surface area contributed by atoms with E-state index in [0.717, 1.165) is 25.1 Å². The van der Waals surface area contributed by atoms with Crippen LogP contribution in [0.3, 0.4) is 0 Å². The van der Waals surface area contributed by atoms with Gasteiger partial charge in [-0.3, -0.25) is 9.89 Å². The van der Waals surface area contributed by atoms with Crippen LogP contribution in [0.2, 0.25) is 0 Å². The molecule has 0 unspecified atom stereocenters. The van der Waals surface area contributed by atoms with Crippen LogP contribution in [-0.4, -0.2) is 35.7 Å². The lowest BCUT2D eigenvalue weighted by Crippen LogP contribution is -2.29. The summed E-state index contributed by atoms with van der Waals surface area (Å²) in [5.41, 5.74) is 3.00. The first-order valence-corrected chi connectivity index (χ1v) is 7.20. The van der Waals surface area contributed by atoms with Crippen molar-refractivity contribution in [2.75, 3.05) is 19.6 Å². The van der Waals surface area contributed by atoms with Gasteiger partial charge in [-0.15, -0.1) is 12.4 Å². The number of H-pyrrole nitrogens is 1. The van der Waals surface area contributed by atoms with E-state index < -0.39 is 0 Å². The Balaban J connectivity index is 0.00000192. The summed E-state index contributed by atoms with van der Waals surface area (Å²) in [4.78, 5) is 12.1. The molecule has 0 saturated heterocycles. The lowest BCUT2D eigenvalue weighted by Gasteiger charge is -2.14. The number of aromatic amines is 1. The molecule has 1 amide bonds. The Morgan fingerprint density at radius 3 is 2.78 bits per heavy atom. The summed E-state index contributed by atoms with van der Waals surface area (Å²) in [5.74, 6) is -0.493. The highest BCUT2D eigenvalue weighted by atomic mass is 35.5. The monoisotopic (exact) mass is 336 g/mol. The fourth-order valence-electron chi connectivity index (χ4n) is 2.33. The lowest BCUT2D eigenvalue weighted by atomic mass is 10.1. The van der Waals surface area contributed by atoms with E-state index in [1.54, 1.807) is 18.2 Å².